The molecule has 30 heavy (non-hydrogen) atoms. The summed E-state index contributed by atoms with van der Waals surface area (Å²) < 4.78 is 0. The SMILES string of the molecule is CCCP(CCC)CCCCCCP(CCC)CCCCCCP(CCC)CCC. The molecule has 0 aromatic rings. The molecule has 182 valence electrons. The first kappa shape index (κ1) is 31.3. The fourth-order valence-corrected chi connectivity index (χ4v) is 12.5. The topological polar surface area (TPSA) is 0 Å². The van der Waals surface area contributed by atoms with Gasteiger partial charge in [-0.2, -0.15) is 0 Å². The molecule has 0 aliphatic heterocycles. The van der Waals surface area contributed by atoms with Gasteiger partial charge in [-0.3, -0.25) is 0 Å². The molecule has 0 saturated heterocycles. The minimum atomic E-state index is 0.358. The maximum atomic E-state index is 2.41. The van der Waals surface area contributed by atoms with E-state index in [9.17, 15) is 0 Å². The molecular formula is C27H59P3. The van der Waals surface area contributed by atoms with Crippen LogP contribution < -0.4 is 0 Å². The van der Waals surface area contributed by atoms with Crippen molar-refractivity contribution in [2.45, 2.75) is 118 Å². The molecule has 0 saturated carbocycles. The lowest BCUT2D eigenvalue weighted by Crippen LogP contribution is -1.98. The van der Waals surface area contributed by atoms with Gasteiger partial charge in [0.05, 0.1) is 0 Å². The van der Waals surface area contributed by atoms with E-state index in [0.29, 0.717) is 23.8 Å². The molecule has 0 nitrogen and oxygen atoms in total. The van der Waals surface area contributed by atoms with E-state index in [1.165, 1.54) is 108 Å². The van der Waals surface area contributed by atoms with Crippen molar-refractivity contribution in [1.82, 2.24) is 0 Å². The molecule has 3 heteroatoms. The quantitative estimate of drug-likeness (QED) is 0.0960. The highest BCUT2D eigenvalue weighted by Crippen LogP contribution is 2.41. The Morgan fingerprint density at radius 3 is 0.667 bits per heavy atom. The molecule has 0 aliphatic carbocycles. The summed E-state index contributed by atoms with van der Waals surface area (Å²) in [4.78, 5) is 0. The molecule has 0 N–H and O–H groups in total. The van der Waals surface area contributed by atoms with Crippen molar-refractivity contribution in [3.8, 4) is 0 Å². The normalized spacial score (nSPS) is 12.0. The maximum Gasteiger partial charge on any atom is -0.0326 e. The third kappa shape index (κ3) is 19.9. The van der Waals surface area contributed by atoms with Crippen LogP contribution in [0.2, 0.25) is 0 Å². The molecule has 0 unspecified atom stereocenters. The first-order chi connectivity index (χ1) is 14.7. The molecule has 0 amide bonds. The van der Waals surface area contributed by atoms with Gasteiger partial charge in [0.2, 0.25) is 0 Å². The van der Waals surface area contributed by atoms with Crippen LogP contribution in [0.25, 0.3) is 0 Å². The Bertz CT molecular complexity index is 281. The standard InChI is InChI=1S/C27H59P3/c1-6-19-28(20-7-2)24-15-11-13-17-26-30(23-10-5)27-18-14-12-16-25-29(21-8-3)22-9-4/h6-27H2,1-5H3. The second-order valence-corrected chi connectivity index (χ2v) is 17.4. The van der Waals surface area contributed by atoms with Gasteiger partial charge in [0.15, 0.2) is 0 Å². The van der Waals surface area contributed by atoms with Gasteiger partial charge in [0.25, 0.3) is 0 Å². The second kappa shape index (κ2) is 24.9. The van der Waals surface area contributed by atoms with Gasteiger partial charge in [-0.1, -0.05) is 92.4 Å². The van der Waals surface area contributed by atoms with Crippen LogP contribution in [0.1, 0.15) is 118 Å². The lowest BCUT2D eigenvalue weighted by Gasteiger charge is -2.18. The van der Waals surface area contributed by atoms with Crippen LogP contribution in [0.15, 0.2) is 0 Å². The Labute approximate surface area is 197 Å². The van der Waals surface area contributed by atoms with E-state index < -0.39 is 0 Å². The van der Waals surface area contributed by atoms with Crippen LogP contribution in [0, 0.1) is 0 Å². The van der Waals surface area contributed by atoms with Crippen molar-refractivity contribution >= 4 is 23.8 Å². The van der Waals surface area contributed by atoms with Crippen molar-refractivity contribution in [3.63, 3.8) is 0 Å². The number of rotatable bonds is 24. The van der Waals surface area contributed by atoms with Crippen LogP contribution >= 0.6 is 23.8 Å². The van der Waals surface area contributed by atoms with Gasteiger partial charge in [-0.15, -0.1) is 23.8 Å². The second-order valence-electron chi connectivity index (χ2n) is 9.35. The summed E-state index contributed by atoms with van der Waals surface area (Å²) in [6.45, 7) is 11.9. The van der Waals surface area contributed by atoms with Crippen LogP contribution in [-0.4, -0.2) is 55.5 Å². The molecule has 0 atom stereocenters. The largest absolute Gasteiger partial charge is 0.107 e. The van der Waals surface area contributed by atoms with Crippen molar-refractivity contribution < 1.29 is 0 Å². The van der Waals surface area contributed by atoms with E-state index in [4.69, 9.17) is 0 Å². The van der Waals surface area contributed by atoms with Crippen molar-refractivity contribution in [2.24, 2.45) is 0 Å². The monoisotopic (exact) mass is 476 g/mol. The number of unbranched alkanes of at least 4 members (excludes halogenated alkanes) is 6. The van der Waals surface area contributed by atoms with Crippen LogP contribution in [0.3, 0.4) is 0 Å². The molecule has 0 aromatic carbocycles. The van der Waals surface area contributed by atoms with Crippen molar-refractivity contribution in [2.75, 3.05) is 55.5 Å². The number of hydrogen-bond donors (Lipinski definition) is 0. The lowest BCUT2D eigenvalue weighted by atomic mass is 10.2. The van der Waals surface area contributed by atoms with E-state index in [1.807, 2.05) is 0 Å². The highest BCUT2D eigenvalue weighted by atomic mass is 31.1. The maximum absolute atomic E-state index is 2.41. The molecule has 0 aromatic heterocycles. The summed E-state index contributed by atoms with van der Waals surface area (Å²) in [5.41, 5.74) is 0. The third-order valence-electron chi connectivity index (χ3n) is 6.10. The highest BCUT2D eigenvalue weighted by Gasteiger charge is 2.09. The predicted octanol–water partition coefficient (Wildman–Crippen LogP) is 10.6. The fraction of sp³-hybridized carbons (Fsp3) is 1.00. The molecule has 0 aliphatic rings. The fourth-order valence-electron chi connectivity index (χ4n) is 4.64. The van der Waals surface area contributed by atoms with E-state index >= 15 is 0 Å². The highest BCUT2D eigenvalue weighted by molar-refractivity contribution is 7.58. The zero-order chi connectivity index (χ0) is 22.3. The lowest BCUT2D eigenvalue weighted by molar-refractivity contribution is 0.697. The Morgan fingerprint density at radius 2 is 0.467 bits per heavy atom. The molecule has 0 bridgehead atoms. The van der Waals surface area contributed by atoms with Crippen molar-refractivity contribution in [1.29, 1.82) is 0 Å². The van der Waals surface area contributed by atoms with Crippen LogP contribution in [0.4, 0.5) is 0 Å². The Balaban J connectivity index is 3.77. The smallest absolute Gasteiger partial charge is 0.0326 e. The molecule has 0 fully saturated rings. The van der Waals surface area contributed by atoms with Gasteiger partial charge < -0.3 is 0 Å². The summed E-state index contributed by atoms with van der Waals surface area (Å²) >= 11 is 0. The van der Waals surface area contributed by atoms with E-state index in [0.717, 1.165) is 0 Å². The predicted molar refractivity (Wildman–Crippen MR) is 153 cm³/mol. The molecular weight excluding hydrogens is 417 g/mol. The minimum absolute atomic E-state index is 0.358. The van der Waals surface area contributed by atoms with Gasteiger partial charge in [-0.25, -0.2) is 0 Å². The van der Waals surface area contributed by atoms with Crippen LogP contribution in [0.5, 0.6) is 0 Å². The number of hydrogen-bond acceptors (Lipinski definition) is 0. The molecule has 0 radical (unpaired) electrons. The van der Waals surface area contributed by atoms with Gasteiger partial charge >= 0.3 is 0 Å². The molecule has 0 spiro atoms. The van der Waals surface area contributed by atoms with E-state index in [2.05, 4.69) is 34.6 Å². The first-order valence-corrected chi connectivity index (χ1v) is 19.6. The average molecular weight is 477 g/mol. The first-order valence-electron chi connectivity index (χ1n) is 13.9. The average Bonchev–Trinajstić information content (AvgIpc) is 2.73. The van der Waals surface area contributed by atoms with Gasteiger partial charge in [-0.05, 0) is 81.1 Å². The zero-order valence-corrected chi connectivity index (χ0v) is 24.6. The Kier molecular flexibility index (Phi) is 26.0. The Morgan fingerprint density at radius 1 is 0.267 bits per heavy atom. The minimum Gasteiger partial charge on any atom is -0.107 e. The van der Waals surface area contributed by atoms with E-state index in [1.54, 1.807) is 30.8 Å². The molecule has 0 rings (SSSR count). The summed E-state index contributed by atoms with van der Waals surface area (Å²) in [7, 11) is 1.12. The van der Waals surface area contributed by atoms with Crippen LogP contribution in [-0.2, 0) is 0 Å². The summed E-state index contributed by atoms with van der Waals surface area (Å²) in [5.74, 6) is 0. The summed E-state index contributed by atoms with van der Waals surface area (Å²) in [6.07, 6.45) is 33.2. The van der Waals surface area contributed by atoms with Gasteiger partial charge in [0, 0.05) is 0 Å². The van der Waals surface area contributed by atoms with E-state index in [-0.39, 0.29) is 0 Å². The van der Waals surface area contributed by atoms with Crippen molar-refractivity contribution in [3.05, 3.63) is 0 Å². The summed E-state index contributed by atoms with van der Waals surface area (Å²) in [6, 6.07) is 0. The van der Waals surface area contributed by atoms with Gasteiger partial charge in [0.1, 0.15) is 0 Å². The summed E-state index contributed by atoms with van der Waals surface area (Å²) in [5, 5.41) is 0. The Hall–Kier alpha value is 1.29. The zero-order valence-electron chi connectivity index (χ0n) is 21.9. The molecule has 0 heterocycles. The third-order valence-corrected chi connectivity index (χ3v) is 15.3.